The van der Waals surface area contributed by atoms with Crippen LogP contribution in [-0.2, 0) is 40.0 Å². The molecule has 13 atom stereocenters. The van der Waals surface area contributed by atoms with Gasteiger partial charge in [-0.05, 0) is 98.5 Å². The van der Waals surface area contributed by atoms with Crippen LogP contribution in [0.4, 0.5) is 5.69 Å². The van der Waals surface area contributed by atoms with E-state index in [-0.39, 0.29) is 17.9 Å². The van der Waals surface area contributed by atoms with E-state index in [0.29, 0.717) is 38.2 Å². The number of hydrogen-bond donors (Lipinski definition) is 13. The number of aromatic hydroxyl groups is 1. The number of nitrogens with zero attached hydrogens (tertiary/aromatic N) is 6. The summed E-state index contributed by atoms with van der Waals surface area (Å²) in [6, 6.07) is 8.07. The van der Waals surface area contributed by atoms with Gasteiger partial charge in [0.25, 0.3) is 5.91 Å². The molecule has 9 rings (SSSR count). The predicted octanol–water partition coefficient (Wildman–Crippen LogP) is -1.20. The van der Waals surface area contributed by atoms with Gasteiger partial charge in [-0.3, -0.25) is 43.3 Å². The molecule has 1 aliphatic carbocycles. The number of rotatable bonds is 13. The molecular weight excluding hydrogens is 1200 g/mol. The van der Waals surface area contributed by atoms with E-state index in [2.05, 4.69) is 72.6 Å². The summed E-state index contributed by atoms with van der Waals surface area (Å²) in [6.45, 7) is 11.3. The molecule has 5 aliphatic rings. The van der Waals surface area contributed by atoms with Crippen molar-refractivity contribution in [3.8, 4) is 26.9 Å². The second-order valence-electron chi connectivity index (χ2n) is 25.7. The van der Waals surface area contributed by atoms with Gasteiger partial charge in [0.05, 0.1) is 43.0 Å². The largest absolute Gasteiger partial charge is 0.508 e. The van der Waals surface area contributed by atoms with Gasteiger partial charge in [-0.2, -0.15) is 0 Å². The van der Waals surface area contributed by atoms with Crippen LogP contribution in [0.25, 0.3) is 21.1 Å². The van der Waals surface area contributed by atoms with Gasteiger partial charge in [-0.25, -0.2) is 0 Å². The van der Waals surface area contributed by atoms with Crippen molar-refractivity contribution in [2.45, 2.75) is 165 Å². The minimum absolute atomic E-state index is 0.0385. The first kappa shape index (κ1) is 67.7. The van der Waals surface area contributed by atoms with Crippen LogP contribution in [0.2, 0.25) is 0 Å². The Morgan fingerprint density at radius 1 is 0.736 bits per heavy atom. The van der Waals surface area contributed by atoms with Gasteiger partial charge >= 0.3 is 0 Å². The van der Waals surface area contributed by atoms with Gasteiger partial charge in [0.2, 0.25) is 41.4 Å². The Morgan fingerprint density at radius 2 is 1.34 bits per heavy atom. The number of piperazine rings is 1. The van der Waals surface area contributed by atoms with Gasteiger partial charge in [0, 0.05) is 99.4 Å². The summed E-state index contributed by atoms with van der Waals surface area (Å²) >= 11 is 1.35. The first-order valence-electron chi connectivity index (χ1n) is 30.9. The van der Waals surface area contributed by atoms with Gasteiger partial charge in [0.15, 0.2) is 0 Å². The molecule has 492 valence electrons. The number of phenols is 1. The summed E-state index contributed by atoms with van der Waals surface area (Å²) in [5.41, 5.74) is 9.24. The summed E-state index contributed by atoms with van der Waals surface area (Å²) in [6.07, 6.45) is -7.87. The third kappa shape index (κ3) is 16.1. The van der Waals surface area contributed by atoms with E-state index in [0.717, 1.165) is 54.2 Å². The first-order valence-corrected chi connectivity index (χ1v) is 31.8. The van der Waals surface area contributed by atoms with E-state index in [1.54, 1.807) is 19.1 Å². The highest BCUT2D eigenvalue weighted by atomic mass is 32.1. The number of aliphatic hydroxyl groups is 6. The van der Waals surface area contributed by atoms with Gasteiger partial charge in [-0.15, -0.1) is 10.2 Å². The molecular formula is C63H84N12O15S. The summed E-state index contributed by atoms with van der Waals surface area (Å²) in [5.74, 6) is -9.90. The molecule has 4 saturated heterocycles. The molecule has 0 bridgehead atoms. The number of nitrogens with one attached hydrogen (secondary N) is 5. The first-order chi connectivity index (χ1) is 43.1. The Hall–Kier alpha value is -7.70. The number of fused-ring (bicyclic) bond motifs is 2. The number of carbonyl (C=O) groups is 8. The number of β-amino-alcohol motifs (C(OH)–C–C–N with tert-alkyl or cyclic N) is 1. The van der Waals surface area contributed by atoms with Crippen LogP contribution < -0.4 is 37.2 Å². The van der Waals surface area contributed by atoms with Gasteiger partial charge < -0.3 is 82.8 Å². The molecule has 4 aliphatic heterocycles. The lowest BCUT2D eigenvalue weighted by molar-refractivity contribution is -0.147. The third-order valence-electron chi connectivity index (χ3n) is 18.3. The van der Waals surface area contributed by atoms with Crippen molar-refractivity contribution < 1.29 is 74.1 Å². The fraction of sp³-hybridized carbons (Fsp3) is 0.556. The minimum atomic E-state index is -2.15. The van der Waals surface area contributed by atoms with Crippen molar-refractivity contribution in [1.29, 1.82) is 0 Å². The van der Waals surface area contributed by atoms with Crippen LogP contribution >= 0.6 is 11.3 Å². The number of phenolic OH excluding ortho intramolecular Hbond substituents is 1. The highest BCUT2D eigenvalue weighted by molar-refractivity contribution is 7.17. The molecule has 3 aromatic carbocycles. The predicted molar refractivity (Wildman–Crippen MR) is 332 cm³/mol. The molecule has 5 fully saturated rings. The molecule has 1 saturated carbocycles. The molecule has 28 heteroatoms. The topological polar surface area (TPSA) is 403 Å². The van der Waals surface area contributed by atoms with E-state index in [1.165, 1.54) is 74.3 Å². The second-order valence-corrected chi connectivity index (χ2v) is 26.7. The van der Waals surface area contributed by atoms with Crippen LogP contribution in [0, 0.1) is 18.3 Å². The van der Waals surface area contributed by atoms with E-state index >= 15 is 0 Å². The number of aliphatic hydroxyl groups excluding tert-OH is 6. The second kappa shape index (κ2) is 28.9. The zero-order valence-electron chi connectivity index (χ0n) is 51.6. The van der Waals surface area contributed by atoms with Crippen LogP contribution in [-0.4, -0.2) is 233 Å². The molecule has 1 aromatic heterocycles. The highest BCUT2D eigenvalue weighted by Crippen LogP contribution is 2.38. The third-order valence-corrected chi connectivity index (χ3v) is 19.3. The fourth-order valence-corrected chi connectivity index (χ4v) is 13.7. The smallest absolute Gasteiger partial charge is 0.251 e. The molecule has 1 unspecified atom stereocenters. The van der Waals surface area contributed by atoms with Crippen molar-refractivity contribution in [2.75, 3.05) is 50.7 Å². The van der Waals surface area contributed by atoms with Crippen LogP contribution in [0.1, 0.15) is 94.1 Å². The SMILES string of the molecule is Cc1cc(C[C@@H](O)[C@@H]2NC(=O)[C@@H]3C[C@@H](O)CN3C(=O)[C@H]([C@@H](C)O)NC(=O)C(NC(=O)c3ccc(-c4nnc(-c5ccc(N6CCN(C7CCC(C)(C)CC7)CC6)cc5)s4)cc3)C[C@@H](O)CNC(=O)[C@@H]3[C@@H](O)[C@@H](C)CN3C(=O)[C@H]([C@H](O)CC(N)=O)NC2=O)ccc1O. The molecule has 4 aromatic rings. The molecule has 8 amide bonds. The number of amides is 8. The van der Waals surface area contributed by atoms with E-state index in [4.69, 9.17) is 5.73 Å². The van der Waals surface area contributed by atoms with E-state index in [1.807, 2.05) is 12.1 Å². The summed E-state index contributed by atoms with van der Waals surface area (Å²) in [7, 11) is 0. The average Bonchev–Trinajstić information content (AvgIpc) is 1.74. The van der Waals surface area contributed by atoms with Gasteiger partial charge in [0.1, 0.15) is 52.0 Å². The number of benzene rings is 3. The number of anilines is 1. The Bertz CT molecular complexity index is 3300. The molecule has 27 nitrogen and oxygen atoms in total. The van der Waals surface area contributed by atoms with Crippen molar-refractivity contribution >= 4 is 64.3 Å². The molecule has 5 heterocycles. The number of primary amides is 1. The van der Waals surface area contributed by atoms with E-state index < -0.39 is 165 Å². The summed E-state index contributed by atoms with van der Waals surface area (Å²) in [4.78, 5) is 120. The number of hydrogen-bond acceptors (Lipinski definition) is 20. The fourth-order valence-electron chi connectivity index (χ4n) is 12.8. The van der Waals surface area contributed by atoms with Crippen LogP contribution in [0.15, 0.2) is 66.7 Å². The quantitative estimate of drug-likeness (QED) is 0.0748. The monoisotopic (exact) mass is 1280 g/mol. The maximum absolute atomic E-state index is 14.7. The lowest BCUT2D eigenvalue weighted by Crippen LogP contribution is -2.64. The Kier molecular flexibility index (Phi) is 21.5. The standard InChI is InChI=1S/C63H84N12O15S/c1-32-24-35(6-15-45(32)79)25-46(80)50-57(87)69-51(47(81)28-48(64)82)62(90)75-30-33(2)53(83)52(75)58(88)65-29-41(77)26-43(55(85)67-49(34(3)76)61(89)74-31-42(78)27-44(74)56(86)68-50)66-54(84)36-7-9-37(10-8-36)59-70-71-60(91-59)38-11-13-39(14-12-38)72-20-22-73(23-21-72)40-16-18-63(4,5)19-17-40/h6-15,24,33-34,40-44,46-47,49-53,76-81,83H,16-23,25-31H2,1-5H3,(H2,64,82)(H,65,88)(H,66,84)(H,67,85)(H,68,86)(H,69,87)/t33-,34+,41+,42+,43?,44-,46+,47+,49-,50-,51-,52-,53-/m0/s1. The average molecular weight is 1280 g/mol. The zero-order chi connectivity index (χ0) is 65.7. The van der Waals surface area contributed by atoms with Crippen LogP contribution in [0.5, 0.6) is 5.75 Å². The number of nitrogens with two attached hydrogens (primary N) is 1. The normalized spacial score (nSPS) is 27.9. The summed E-state index contributed by atoms with van der Waals surface area (Å²) < 4.78 is 0. The van der Waals surface area contributed by atoms with Crippen molar-refractivity contribution in [3.05, 3.63) is 83.4 Å². The van der Waals surface area contributed by atoms with Gasteiger partial charge in [-0.1, -0.05) is 56.4 Å². The molecule has 91 heavy (non-hydrogen) atoms. The Labute approximate surface area is 530 Å². The lowest BCUT2D eigenvalue weighted by atomic mass is 9.75. The zero-order valence-corrected chi connectivity index (χ0v) is 52.4. The number of aryl methyl sites for hydroxylation is 1. The molecule has 14 N–H and O–H groups in total. The Morgan fingerprint density at radius 3 is 1.96 bits per heavy atom. The number of aromatic nitrogens is 2. The van der Waals surface area contributed by atoms with Crippen molar-refractivity contribution in [1.82, 2.24) is 51.5 Å². The maximum atomic E-state index is 14.7. The maximum Gasteiger partial charge on any atom is 0.251 e. The Balaban J connectivity index is 0.945. The number of carbonyl (C=O) groups excluding carboxylic acids is 8. The highest BCUT2D eigenvalue weighted by Gasteiger charge is 2.50. The molecule has 0 spiro atoms. The summed E-state index contributed by atoms with van der Waals surface area (Å²) in [5, 5.41) is 101. The van der Waals surface area contributed by atoms with Crippen LogP contribution in [0.3, 0.4) is 0 Å². The van der Waals surface area contributed by atoms with E-state index in [9.17, 15) is 74.1 Å². The lowest BCUT2D eigenvalue weighted by Gasteiger charge is -2.44. The minimum Gasteiger partial charge on any atom is -0.508 e. The van der Waals surface area contributed by atoms with Crippen molar-refractivity contribution in [2.24, 2.45) is 17.1 Å². The van der Waals surface area contributed by atoms with Crippen molar-refractivity contribution in [3.63, 3.8) is 0 Å². The molecule has 0 radical (unpaired) electrons.